The van der Waals surface area contributed by atoms with Crippen molar-refractivity contribution in [1.29, 1.82) is 0 Å². The van der Waals surface area contributed by atoms with E-state index in [2.05, 4.69) is 10.3 Å². The van der Waals surface area contributed by atoms with E-state index >= 15 is 0 Å². The van der Waals surface area contributed by atoms with Crippen LogP contribution in [0.4, 0.5) is 14.5 Å². The van der Waals surface area contributed by atoms with Crippen LogP contribution in [0.5, 0.6) is 0 Å². The Kier molecular flexibility index (Phi) is 2.65. The molecule has 0 saturated carbocycles. The fourth-order valence-corrected chi connectivity index (χ4v) is 2.75. The molecule has 1 aliphatic rings. The molecule has 2 aromatic rings. The Hall–Kier alpha value is -1.71. The minimum absolute atomic E-state index is 0.400. The second kappa shape index (κ2) is 4.19. The van der Waals surface area contributed by atoms with Gasteiger partial charge in [0.15, 0.2) is 0 Å². The van der Waals surface area contributed by atoms with Crippen molar-refractivity contribution < 1.29 is 8.78 Å². The van der Waals surface area contributed by atoms with Crippen LogP contribution in [0.15, 0.2) is 12.1 Å². The van der Waals surface area contributed by atoms with Crippen LogP contribution in [-0.2, 0) is 12.8 Å². The third-order valence-electron chi connectivity index (χ3n) is 3.53. The molecule has 2 nitrogen and oxygen atoms in total. The lowest BCUT2D eigenvalue weighted by Crippen LogP contribution is -2.10. The number of anilines is 1. The summed E-state index contributed by atoms with van der Waals surface area (Å²) < 4.78 is 27.2. The van der Waals surface area contributed by atoms with E-state index in [1.165, 1.54) is 6.07 Å². The Morgan fingerprint density at radius 1 is 1.17 bits per heavy atom. The number of fused-ring (bicyclic) bond motifs is 2. The standard InChI is InChI=1S/C14H14F2N2/c1-17-14-9-4-2-3-5-11(9)18-12-7-8(15)6-10(16)13(12)14/h6-7H,2-5H2,1H3,(H,17,18). The van der Waals surface area contributed by atoms with Crippen molar-refractivity contribution in [2.24, 2.45) is 0 Å². The first-order chi connectivity index (χ1) is 8.70. The van der Waals surface area contributed by atoms with Gasteiger partial charge < -0.3 is 5.32 Å². The molecule has 0 bridgehead atoms. The Labute approximate surface area is 104 Å². The number of aromatic nitrogens is 1. The smallest absolute Gasteiger partial charge is 0.137 e. The van der Waals surface area contributed by atoms with Crippen LogP contribution < -0.4 is 5.32 Å². The highest BCUT2D eigenvalue weighted by Crippen LogP contribution is 2.34. The fraction of sp³-hybridized carbons (Fsp3) is 0.357. The Morgan fingerprint density at radius 2 is 1.94 bits per heavy atom. The maximum atomic E-state index is 13.9. The fourth-order valence-electron chi connectivity index (χ4n) is 2.75. The van der Waals surface area contributed by atoms with Crippen LogP contribution in [0.3, 0.4) is 0 Å². The number of nitrogens with one attached hydrogen (secondary N) is 1. The van der Waals surface area contributed by atoms with Gasteiger partial charge in [0.25, 0.3) is 0 Å². The van der Waals surface area contributed by atoms with E-state index < -0.39 is 11.6 Å². The van der Waals surface area contributed by atoms with Crippen molar-refractivity contribution in [2.75, 3.05) is 12.4 Å². The predicted octanol–water partition coefficient (Wildman–Crippen LogP) is 3.43. The molecule has 0 atom stereocenters. The van der Waals surface area contributed by atoms with Gasteiger partial charge in [-0.25, -0.2) is 8.78 Å². The summed E-state index contributed by atoms with van der Waals surface area (Å²) in [5.74, 6) is -1.12. The average Bonchev–Trinajstić information content (AvgIpc) is 2.35. The van der Waals surface area contributed by atoms with Crippen molar-refractivity contribution in [2.45, 2.75) is 25.7 Å². The van der Waals surface area contributed by atoms with E-state index in [4.69, 9.17) is 0 Å². The molecule has 0 unspecified atom stereocenters. The number of nitrogens with zero attached hydrogens (tertiary/aromatic N) is 1. The van der Waals surface area contributed by atoms with E-state index in [0.29, 0.717) is 10.9 Å². The second-order valence-electron chi connectivity index (χ2n) is 4.65. The van der Waals surface area contributed by atoms with Gasteiger partial charge in [-0.1, -0.05) is 0 Å². The molecule has 4 heteroatoms. The van der Waals surface area contributed by atoms with Crippen molar-refractivity contribution in [3.8, 4) is 0 Å². The Bertz CT molecular complexity index is 623. The van der Waals surface area contributed by atoms with E-state index in [-0.39, 0.29) is 0 Å². The molecule has 1 aliphatic carbocycles. The molecule has 3 rings (SSSR count). The topological polar surface area (TPSA) is 24.9 Å². The van der Waals surface area contributed by atoms with Gasteiger partial charge in [-0.2, -0.15) is 0 Å². The zero-order valence-electron chi connectivity index (χ0n) is 10.2. The molecule has 0 fully saturated rings. The van der Waals surface area contributed by atoms with E-state index in [9.17, 15) is 8.78 Å². The highest BCUT2D eigenvalue weighted by molar-refractivity contribution is 5.94. The van der Waals surface area contributed by atoms with Gasteiger partial charge in [0, 0.05) is 24.9 Å². The Morgan fingerprint density at radius 3 is 2.72 bits per heavy atom. The van der Waals surface area contributed by atoms with Gasteiger partial charge in [0.05, 0.1) is 16.6 Å². The lowest BCUT2D eigenvalue weighted by molar-refractivity contribution is 0.591. The molecular weight excluding hydrogens is 234 g/mol. The summed E-state index contributed by atoms with van der Waals surface area (Å²) >= 11 is 0. The van der Waals surface area contributed by atoms with Gasteiger partial charge in [-0.3, -0.25) is 4.98 Å². The number of pyridine rings is 1. The van der Waals surface area contributed by atoms with Gasteiger partial charge in [0.2, 0.25) is 0 Å². The first-order valence-electron chi connectivity index (χ1n) is 6.19. The lowest BCUT2D eigenvalue weighted by Gasteiger charge is -2.20. The number of halogens is 2. The summed E-state index contributed by atoms with van der Waals surface area (Å²) in [6.45, 7) is 0. The van der Waals surface area contributed by atoms with Crippen LogP contribution in [0.2, 0.25) is 0 Å². The van der Waals surface area contributed by atoms with Gasteiger partial charge in [-0.05, 0) is 31.2 Å². The molecule has 0 amide bonds. The number of hydrogen-bond donors (Lipinski definition) is 1. The van der Waals surface area contributed by atoms with Gasteiger partial charge >= 0.3 is 0 Å². The normalized spacial score (nSPS) is 14.6. The molecule has 18 heavy (non-hydrogen) atoms. The number of aryl methyl sites for hydroxylation is 1. The van der Waals surface area contributed by atoms with Gasteiger partial charge in [0.1, 0.15) is 11.6 Å². The summed E-state index contributed by atoms with van der Waals surface area (Å²) in [4.78, 5) is 4.43. The van der Waals surface area contributed by atoms with Crippen molar-refractivity contribution in [3.63, 3.8) is 0 Å². The lowest BCUT2D eigenvalue weighted by atomic mass is 9.92. The van der Waals surface area contributed by atoms with E-state index in [1.54, 1.807) is 7.05 Å². The first-order valence-corrected chi connectivity index (χ1v) is 6.19. The zero-order chi connectivity index (χ0) is 12.7. The Balaban J connectivity index is 2.40. The number of benzene rings is 1. The zero-order valence-corrected chi connectivity index (χ0v) is 10.2. The first kappa shape index (κ1) is 11.4. The average molecular weight is 248 g/mol. The molecule has 1 aromatic carbocycles. The molecule has 0 radical (unpaired) electrons. The van der Waals surface area contributed by atoms with Crippen molar-refractivity contribution in [3.05, 3.63) is 35.0 Å². The molecule has 1 heterocycles. The summed E-state index contributed by atoms with van der Waals surface area (Å²) in [5, 5.41) is 3.46. The molecule has 1 N–H and O–H groups in total. The molecular formula is C14H14F2N2. The van der Waals surface area contributed by atoms with Crippen LogP contribution in [0.25, 0.3) is 10.9 Å². The number of rotatable bonds is 1. The van der Waals surface area contributed by atoms with Crippen LogP contribution in [-0.4, -0.2) is 12.0 Å². The number of hydrogen-bond acceptors (Lipinski definition) is 2. The van der Waals surface area contributed by atoms with Crippen LogP contribution >= 0.6 is 0 Å². The maximum Gasteiger partial charge on any atom is 0.137 e. The third-order valence-corrected chi connectivity index (χ3v) is 3.53. The molecule has 1 aromatic heterocycles. The van der Waals surface area contributed by atoms with Gasteiger partial charge in [-0.15, -0.1) is 0 Å². The second-order valence-corrected chi connectivity index (χ2v) is 4.65. The SMILES string of the molecule is CNc1c2c(nc3cc(F)cc(F)c13)CCCC2. The van der Waals surface area contributed by atoms with E-state index in [0.717, 1.165) is 48.7 Å². The highest BCUT2D eigenvalue weighted by Gasteiger charge is 2.20. The summed E-state index contributed by atoms with van der Waals surface area (Å²) in [5.41, 5.74) is 3.23. The minimum Gasteiger partial charge on any atom is -0.387 e. The monoisotopic (exact) mass is 248 g/mol. The van der Waals surface area contributed by atoms with Crippen LogP contribution in [0.1, 0.15) is 24.1 Å². The quantitative estimate of drug-likeness (QED) is 0.836. The molecule has 0 spiro atoms. The summed E-state index contributed by atoms with van der Waals surface area (Å²) in [7, 11) is 1.77. The summed E-state index contributed by atoms with van der Waals surface area (Å²) in [6, 6.07) is 2.22. The maximum absolute atomic E-state index is 13.9. The molecule has 0 saturated heterocycles. The predicted molar refractivity (Wildman–Crippen MR) is 67.8 cm³/mol. The van der Waals surface area contributed by atoms with Crippen molar-refractivity contribution in [1.82, 2.24) is 4.98 Å². The molecule has 0 aliphatic heterocycles. The third kappa shape index (κ3) is 1.64. The van der Waals surface area contributed by atoms with Crippen LogP contribution in [0, 0.1) is 11.6 Å². The minimum atomic E-state index is -0.578. The van der Waals surface area contributed by atoms with E-state index in [1.807, 2.05) is 0 Å². The van der Waals surface area contributed by atoms with Crippen molar-refractivity contribution >= 4 is 16.6 Å². The largest absolute Gasteiger partial charge is 0.387 e. The highest BCUT2D eigenvalue weighted by atomic mass is 19.1. The molecule has 94 valence electrons. The summed E-state index contributed by atoms with van der Waals surface area (Å²) in [6.07, 6.45) is 3.98.